The van der Waals surface area contributed by atoms with Crippen LogP contribution in [0.2, 0.25) is 0 Å². The van der Waals surface area contributed by atoms with E-state index in [0.717, 1.165) is 16.8 Å². The molecule has 190 valence electrons. The zero-order chi connectivity index (χ0) is 27.1. The van der Waals surface area contributed by atoms with Gasteiger partial charge in [0.1, 0.15) is 0 Å². The van der Waals surface area contributed by atoms with Crippen LogP contribution in [0.3, 0.4) is 0 Å². The van der Waals surface area contributed by atoms with Gasteiger partial charge in [-0.2, -0.15) is 0 Å². The molecule has 2 heterocycles. The van der Waals surface area contributed by atoms with Gasteiger partial charge in [0, 0.05) is 35.4 Å². The standard InChI is InChI=1S/C38H28N2/c1-25-22-31(24-39-23-25)27-13-17-29(18-14-27)37-33-8-3-5-10-35(33)38(36-11-6-4-9-34(36)37)30-19-15-28(16-20-30)32-12-7-21-40-26(32)2/h3-24H,1-2H3. The zero-order valence-corrected chi connectivity index (χ0v) is 22.6. The first-order valence-corrected chi connectivity index (χ1v) is 13.7. The van der Waals surface area contributed by atoms with Gasteiger partial charge < -0.3 is 0 Å². The van der Waals surface area contributed by atoms with Gasteiger partial charge in [0.05, 0.1) is 0 Å². The van der Waals surface area contributed by atoms with Gasteiger partial charge in [-0.25, -0.2) is 0 Å². The van der Waals surface area contributed by atoms with Crippen molar-refractivity contribution >= 4 is 21.5 Å². The summed E-state index contributed by atoms with van der Waals surface area (Å²) in [6.07, 6.45) is 5.67. The van der Waals surface area contributed by atoms with Crippen LogP contribution in [0.25, 0.3) is 66.1 Å². The van der Waals surface area contributed by atoms with Crippen molar-refractivity contribution < 1.29 is 0 Å². The minimum absolute atomic E-state index is 1.04. The summed E-state index contributed by atoms with van der Waals surface area (Å²) in [4.78, 5) is 8.86. The molecule has 40 heavy (non-hydrogen) atoms. The van der Waals surface area contributed by atoms with Crippen LogP contribution in [0.4, 0.5) is 0 Å². The molecule has 0 aliphatic carbocycles. The highest BCUT2D eigenvalue weighted by Gasteiger charge is 2.16. The molecule has 0 bridgehead atoms. The molecular weight excluding hydrogens is 484 g/mol. The van der Waals surface area contributed by atoms with Crippen LogP contribution in [-0.4, -0.2) is 9.97 Å². The lowest BCUT2D eigenvalue weighted by Gasteiger charge is -2.18. The van der Waals surface area contributed by atoms with Gasteiger partial charge in [0.25, 0.3) is 0 Å². The van der Waals surface area contributed by atoms with Crippen molar-refractivity contribution in [2.45, 2.75) is 13.8 Å². The Morgan fingerprint density at radius 2 is 0.950 bits per heavy atom. The number of fused-ring (bicyclic) bond motifs is 2. The van der Waals surface area contributed by atoms with Crippen LogP contribution in [0.5, 0.6) is 0 Å². The number of aryl methyl sites for hydroxylation is 2. The van der Waals surface area contributed by atoms with E-state index in [9.17, 15) is 0 Å². The predicted octanol–water partition coefficient (Wildman–Crippen LogP) is 10.1. The highest BCUT2D eigenvalue weighted by molar-refractivity contribution is 6.21. The molecule has 7 aromatic rings. The van der Waals surface area contributed by atoms with Gasteiger partial charge in [0.15, 0.2) is 0 Å². The highest BCUT2D eigenvalue weighted by atomic mass is 14.7. The summed E-state index contributed by atoms with van der Waals surface area (Å²) in [6.45, 7) is 4.14. The largest absolute Gasteiger partial charge is 0.264 e. The average molecular weight is 513 g/mol. The lowest BCUT2D eigenvalue weighted by Crippen LogP contribution is -1.91. The third kappa shape index (κ3) is 4.15. The van der Waals surface area contributed by atoms with E-state index in [0.29, 0.717) is 0 Å². The minimum Gasteiger partial charge on any atom is -0.264 e. The molecule has 0 unspecified atom stereocenters. The molecule has 0 aliphatic heterocycles. The molecule has 2 aromatic heterocycles. The molecule has 0 aliphatic rings. The maximum atomic E-state index is 4.48. The molecule has 0 saturated carbocycles. The summed E-state index contributed by atoms with van der Waals surface area (Å²) in [6, 6.07) is 41.8. The topological polar surface area (TPSA) is 25.8 Å². The van der Waals surface area contributed by atoms with E-state index >= 15 is 0 Å². The molecule has 7 rings (SSSR count). The Balaban J connectivity index is 1.41. The van der Waals surface area contributed by atoms with Crippen LogP contribution in [0.1, 0.15) is 11.3 Å². The van der Waals surface area contributed by atoms with Crippen molar-refractivity contribution in [2.75, 3.05) is 0 Å². The second kappa shape index (κ2) is 9.91. The Labute approximate surface area is 234 Å². The number of nitrogens with zero attached hydrogens (tertiary/aromatic N) is 2. The Kier molecular flexibility index (Phi) is 5.94. The van der Waals surface area contributed by atoms with Gasteiger partial charge in [0.2, 0.25) is 0 Å². The minimum atomic E-state index is 1.04. The molecule has 0 fully saturated rings. The molecule has 0 amide bonds. The van der Waals surface area contributed by atoms with Crippen LogP contribution < -0.4 is 0 Å². The van der Waals surface area contributed by atoms with Gasteiger partial charge in [-0.15, -0.1) is 0 Å². The molecule has 0 saturated heterocycles. The fourth-order valence-corrected chi connectivity index (χ4v) is 5.90. The summed E-state index contributed by atoms with van der Waals surface area (Å²) in [7, 11) is 0. The third-order valence-electron chi connectivity index (χ3n) is 7.80. The maximum absolute atomic E-state index is 4.48. The Morgan fingerprint density at radius 3 is 1.45 bits per heavy atom. The monoisotopic (exact) mass is 512 g/mol. The van der Waals surface area contributed by atoms with Crippen molar-refractivity contribution in [2.24, 2.45) is 0 Å². The van der Waals surface area contributed by atoms with Gasteiger partial charge in [-0.1, -0.05) is 103 Å². The number of hydrogen-bond acceptors (Lipinski definition) is 2. The molecule has 0 spiro atoms. The van der Waals surface area contributed by atoms with Gasteiger partial charge in [-0.05, 0) is 86.5 Å². The zero-order valence-electron chi connectivity index (χ0n) is 22.6. The number of hydrogen-bond donors (Lipinski definition) is 0. The Hall–Kier alpha value is -5.08. The SMILES string of the molecule is Cc1cncc(-c2ccc(-c3c4ccccc4c(-c4ccc(-c5cccnc5C)cc4)c4ccccc34)cc2)c1. The summed E-state index contributed by atoms with van der Waals surface area (Å²) in [5.41, 5.74) is 11.8. The van der Waals surface area contributed by atoms with Crippen molar-refractivity contribution in [3.05, 3.63) is 145 Å². The second-order valence-electron chi connectivity index (χ2n) is 10.4. The summed E-state index contributed by atoms with van der Waals surface area (Å²) >= 11 is 0. The van der Waals surface area contributed by atoms with Crippen molar-refractivity contribution in [1.82, 2.24) is 9.97 Å². The highest BCUT2D eigenvalue weighted by Crippen LogP contribution is 2.44. The molecule has 2 nitrogen and oxygen atoms in total. The fourth-order valence-electron chi connectivity index (χ4n) is 5.90. The van der Waals surface area contributed by atoms with Crippen LogP contribution in [0.15, 0.2) is 134 Å². The van der Waals surface area contributed by atoms with Crippen molar-refractivity contribution in [3.63, 3.8) is 0 Å². The Bertz CT molecular complexity index is 1950. The van der Waals surface area contributed by atoms with E-state index in [1.54, 1.807) is 0 Å². The van der Waals surface area contributed by atoms with E-state index in [2.05, 4.69) is 133 Å². The van der Waals surface area contributed by atoms with Crippen LogP contribution in [-0.2, 0) is 0 Å². The molecule has 0 N–H and O–H groups in total. The first-order valence-electron chi connectivity index (χ1n) is 13.7. The van der Waals surface area contributed by atoms with Gasteiger partial charge in [-0.3, -0.25) is 9.97 Å². The first kappa shape index (κ1) is 24.0. The molecular formula is C38H28N2. The fraction of sp³-hybridized carbons (Fsp3) is 0.0526. The lowest BCUT2D eigenvalue weighted by molar-refractivity contribution is 1.20. The maximum Gasteiger partial charge on any atom is 0.0450 e. The lowest BCUT2D eigenvalue weighted by atomic mass is 9.85. The smallest absolute Gasteiger partial charge is 0.0450 e. The van der Waals surface area contributed by atoms with Crippen LogP contribution >= 0.6 is 0 Å². The van der Waals surface area contributed by atoms with E-state index in [1.807, 2.05) is 24.7 Å². The van der Waals surface area contributed by atoms with Crippen molar-refractivity contribution in [1.29, 1.82) is 0 Å². The normalized spacial score (nSPS) is 11.2. The Morgan fingerprint density at radius 1 is 0.450 bits per heavy atom. The number of pyridine rings is 2. The van der Waals surface area contributed by atoms with Crippen LogP contribution in [0, 0.1) is 13.8 Å². The summed E-state index contributed by atoms with van der Waals surface area (Å²) < 4.78 is 0. The average Bonchev–Trinajstić information content (AvgIpc) is 3.00. The van der Waals surface area contributed by atoms with E-state index in [1.165, 1.54) is 60.5 Å². The predicted molar refractivity (Wildman–Crippen MR) is 168 cm³/mol. The number of aromatic nitrogens is 2. The van der Waals surface area contributed by atoms with Gasteiger partial charge >= 0.3 is 0 Å². The van der Waals surface area contributed by atoms with E-state index < -0.39 is 0 Å². The molecule has 0 atom stereocenters. The molecule has 0 radical (unpaired) electrons. The first-order chi connectivity index (χ1) is 19.7. The number of benzene rings is 5. The number of rotatable bonds is 4. The van der Waals surface area contributed by atoms with E-state index in [4.69, 9.17) is 0 Å². The summed E-state index contributed by atoms with van der Waals surface area (Å²) in [5.74, 6) is 0. The summed E-state index contributed by atoms with van der Waals surface area (Å²) in [5, 5.41) is 5.03. The van der Waals surface area contributed by atoms with E-state index in [-0.39, 0.29) is 0 Å². The third-order valence-corrected chi connectivity index (χ3v) is 7.80. The molecule has 5 aromatic carbocycles. The molecule has 2 heteroatoms. The quantitative estimate of drug-likeness (QED) is 0.219. The second-order valence-corrected chi connectivity index (χ2v) is 10.4. The van der Waals surface area contributed by atoms with Crippen molar-refractivity contribution in [3.8, 4) is 44.5 Å².